The van der Waals surface area contributed by atoms with E-state index in [1.165, 1.54) is 12.1 Å². The molecule has 0 aliphatic heterocycles. The molecule has 0 saturated carbocycles. The fourth-order valence-electron chi connectivity index (χ4n) is 2.78. The molecular weight excluding hydrogens is 358 g/mol. The number of thioether (sulfide) groups is 1. The lowest BCUT2D eigenvalue weighted by molar-refractivity contribution is -0.115. The Balaban J connectivity index is 1.85. The number of primary sulfonamides is 1. The summed E-state index contributed by atoms with van der Waals surface area (Å²) in [6.07, 6.45) is 0.693. The van der Waals surface area contributed by atoms with Gasteiger partial charge in [-0.15, -0.1) is 0 Å². The van der Waals surface area contributed by atoms with Crippen molar-refractivity contribution in [2.75, 3.05) is 0 Å². The molecule has 0 radical (unpaired) electrons. The highest BCUT2D eigenvalue weighted by molar-refractivity contribution is 8.04. The molecule has 7 heteroatoms. The van der Waals surface area contributed by atoms with Crippen LogP contribution in [0.2, 0.25) is 0 Å². The van der Waals surface area contributed by atoms with Gasteiger partial charge in [-0.2, -0.15) is 0 Å². The van der Waals surface area contributed by atoms with Crippen molar-refractivity contribution in [3.05, 3.63) is 70.8 Å². The number of aliphatic hydroxyl groups excluding tert-OH is 1. The van der Waals surface area contributed by atoms with Crippen molar-refractivity contribution in [2.45, 2.75) is 28.6 Å². The second kappa shape index (κ2) is 7.03. The molecule has 0 amide bonds. The average Bonchev–Trinajstić information content (AvgIpc) is 2.58. The van der Waals surface area contributed by atoms with E-state index in [0.717, 1.165) is 17.3 Å². The summed E-state index contributed by atoms with van der Waals surface area (Å²) in [4.78, 5) is 13.3. The Kier molecular flexibility index (Phi) is 4.99. The zero-order chi connectivity index (χ0) is 18.0. The standard InChI is InChI=1S/C18H17NO4S2/c19-25(22,23)15-8-4-7-14(11-15)24-18-16(20)9-13(10-17(18)21)12-5-2-1-3-6-12/h1-8,11,13,20H,9-10H2,(H2,19,22,23). The van der Waals surface area contributed by atoms with E-state index >= 15 is 0 Å². The number of carbonyl (C=O) groups excluding carboxylic acids is 1. The van der Waals surface area contributed by atoms with Crippen molar-refractivity contribution in [3.8, 4) is 0 Å². The summed E-state index contributed by atoms with van der Waals surface area (Å²) in [5.41, 5.74) is 1.02. The van der Waals surface area contributed by atoms with Crippen LogP contribution in [0.5, 0.6) is 0 Å². The van der Waals surface area contributed by atoms with Crippen LogP contribution in [0.4, 0.5) is 0 Å². The SMILES string of the molecule is NS(=O)(=O)c1cccc(SC2=C(O)CC(c3ccccc3)CC2=O)c1. The molecular formula is C18H17NO4S2. The number of sulfonamides is 1. The van der Waals surface area contributed by atoms with E-state index in [-0.39, 0.29) is 27.3 Å². The summed E-state index contributed by atoms with van der Waals surface area (Å²) in [6.45, 7) is 0. The molecule has 1 atom stereocenters. The molecule has 2 aromatic rings. The van der Waals surface area contributed by atoms with Gasteiger partial charge >= 0.3 is 0 Å². The average molecular weight is 375 g/mol. The Hall–Kier alpha value is -2.09. The van der Waals surface area contributed by atoms with Gasteiger partial charge in [-0.25, -0.2) is 13.6 Å². The van der Waals surface area contributed by atoms with Crippen LogP contribution >= 0.6 is 11.8 Å². The summed E-state index contributed by atoms with van der Waals surface area (Å²) in [7, 11) is -3.81. The number of hydrogen-bond donors (Lipinski definition) is 2. The monoisotopic (exact) mass is 375 g/mol. The van der Waals surface area contributed by atoms with Crippen LogP contribution in [0.25, 0.3) is 0 Å². The lowest BCUT2D eigenvalue weighted by Crippen LogP contribution is -2.17. The molecule has 0 bridgehead atoms. The van der Waals surface area contributed by atoms with Crippen LogP contribution in [0.1, 0.15) is 24.3 Å². The van der Waals surface area contributed by atoms with Gasteiger partial charge in [-0.3, -0.25) is 4.79 Å². The number of carbonyl (C=O) groups is 1. The van der Waals surface area contributed by atoms with E-state index < -0.39 is 10.0 Å². The number of nitrogens with two attached hydrogens (primary N) is 1. The Morgan fingerprint density at radius 2 is 1.76 bits per heavy atom. The summed E-state index contributed by atoms with van der Waals surface area (Å²) in [5, 5.41) is 15.5. The smallest absolute Gasteiger partial charge is 0.238 e. The minimum absolute atomic E-state index is 0.0250. The molecule has 0 heterocycles. The minimum atomic E-state index is -3.81. The lowest BCUT2D eigenvalue weighted by atomic mass is 9.86. The van der Waals surface area contributed by atoms with Crippen molar-refractivity contribution >= 4 is 27.6 Å². The first-order valence-electron chi connectivity index (χ1n) is 7.65. The fraction of sp³-hybridized carbons (Fsp3) is 0.167. The number of hydrogen-bond acceptors (Lipinski definition) is 5. The van der Waals surface area contributed by atoms with E-state index in [2.05, 4.69) is 0 Å². The van der Waals surface area contributed by atoms with Gasteiger partial charge in [-0.05, 0) is 29.7 Å². The number of ketones is 1. The molecule has 0 fully saturated rings. The van der Waals surface area contributed by atoms with Crippen molar-refractivity contribution in [3.63, 3.8) is 0 Å². The maximum atomic E-state index is 12.5. The van der Waals surface area contributed by atoms with E-state index in [4.69, 9.17) is 5.14 Å². The van der Waals surface area contributed by atoms with Gasteiger partial charge in [0.15, 0.2) is 5.78 Å². The number of aliphatic hydroxyl groups is 1. The maximum absolute atomic E-state index is 12.5. The number of benzene rings is 2. The first kappa shape index (κ1) is 17.7. The first-order chi connectivity index (χ1) is 11.8. The van der Waals surface area contributed by atoms with Gasteiger partial charge in [0.05, 0.1) is 9.80 Å². The summed E-state index contributed by atoms with van der Waals surface area (Å²) < 4.78 is 22.9. The molecule has 3 rings (SSSR count). The summed E-state index contributed by atoms with van der Waals surface area (Å²) in [6, 6.07) is 15.6. The van der Waals surface area contributed by atoms with Crippen LogP contribution in [0, 0.1) is 0 Å². The van der Waals surface area contributed by atoms with Gasteiger partial charge in [-0.1, -0.05) is 48.2 Å². The quantitative estimate of drug-likeness (QED) is 0.854. The van der Waals surface area contributed by atoms with Crippen molar-refractivity contribution in [1.82, 2.24) is 0 Å². The molecule has 0 saturated heterocycles. The molecule has 0 spiro atoms. The van der Waals surface area contributed by atoms with Crippen LogP contribution < -0.4 is 5.14 Å². The molecule has 25 heavy (non-hydrogen) atoms. The Morgan fingerprint density at radius 1 is 1.04 bits per heavy atom. The van der Waals surface area contributed by atoms with Gasteiger partial charge in [0.1, 0.15) is 5.76 Å². The molecule has 1 unspecified atom stereocenters. The molecule has 1 aliphatic rings. The molecule has 3 N–H and O–H groups in total. The third-order valence-corrected chi connectivity index (χ3v) is 6.08. The molecule has 0 aromatic heterocycles. The summed E-state index contributed by atoms with van der Waals surface area (Å²) in [5.74, 6) is -0.159. The van der Waals surface area contributed by atoms with Crippen LogP contribution in [-0.4, -0.2) is 19.3 Å². The second-order valence-corrected chi connectivity index (χ2v) is 8.48. The third kappa shape index (κ3) is 4.12. The van der Waals surface area contributed by atoms with E-state index in [1.807, 2.05) is 30.3 Å². The van der Waals surface area contributed by atoms with E-state index in [1.54, 1.807) is 12.1 Å². The maximum Gasteiger partial charge on any atom is 0.238 e. The molecule has 130 valence electrons. The molecule has 1 aliphatic carbocycles. The highest BCUT2D eigenvalue weighted by Crippen LogP contribution is 2.40. The molecule has 2 aromatic carbocycles. The lowest BCUT2D eigenvalue weighted by Gasteiger charge is -2.23. The highest BCUT2D eigenvalue weighted by atomic mass is 32.2. The van der Waals surface area contributed by atoms with Gasteiger partial charge in [0.2, 0.25) is 10.0 Å². The van der Waals surface area contributed by atoms with Crippen molar-refractivity contribution < 1.29 is 18.3 Å². The largest absolute Gasteiger partial charge is 0.511 e. The zero-order valence-corrected chi connectivity index (χ0v) is 14.9. The van der Waals surface area contributed by atoms with Crippen molar-refractivity contribution in [1.29, 1.82) is 0 Å². The van der Waals surface area contributed by atoms with Gasteiger partial charge in [0.25, 0.3) is 0 Å². The topological polar surface area (TPSA) is 97.5 Å². The number of allylic oxidation sites excluding steroid dienone is 2. The Bertz CT molecular complexity index is 937. The molecule has 5 nitrogen and oxygen atoms in total. The second-order valence-electron chi connectivity index (χ2n) is 5.84. The normalized spacial score (nSPS) is 18.4. The van der Waals surface area contributed by atoms with E-state index in [9.17, 15) is 18.3 Å². The van der Waals surface area contributed by atoms with Crippen molar-refractivity contribution in [2.24, 2.45) is 5.14 Å². The van der Waals surface area contributed by atoms with E-state index in [0.29, 0.717) is 17.7 Å². The third-order valence-electron chi connectivity index (χ3n) is 4.01. The first-order valence-corrected chi connectivity index (χ1v) is 10.0. The Morgan fingerprint density at radius 3 is 2.40 bits per heavy atom. The Labute approximate surface area is 150 Å². The predicted molar refractivity (Wildman–Crippen MR) is 96.8 cm³/mol. The zero-order valence-electron chi connectivity index (χ0n) is 13.3. The van der Waals surface area contributed by atoms with Gasteiger partial charge in [0, 0.05) is 17.7 Å². The summed E-state index contributed by atoms with van der Waals surface area (Å²) >= 11 is 1.07. The number of rotatable bonds is 4. The van der Waals surface area contributed by atoms with Crippen LogP contribution in [0.3, 0.4) is 0 Å². The van der Waals surface area contributed by atoms with Crippen LogP contribution in [0.15, 0.2) is 75.1 Å². The van der Waals surface area contributed by atoms with Crippen LogP contribution in [-0.2, 0) is 14.8 Å². The predicted octanol–water partition coefficient (Wildman–Crippen LogP) is 3.34. The fourth-order valence-corrected chi connectivity index (χ4v) is 4.39. The minimum Gasteiger partial charge on any atom is -0.511 e. The highest BCUT2D eigenvalue weighted by Gasteiger charge is 2.29. The number of Topliss-reactive ketones (excluding diaryl/α,β-unsaturated/α-hetero) is 1. The van der Waals surface area contributed by atoms with Gasteiger partial charge < -0.3 is 5.11 Å².